The summed E-state index contributed by atoms with van der Waals surface area (Å²) in [4.78, 5) is 3.88. The quantitative estimate of drug-likeness (QED) is 0.666. The molecule has 0 amide bonds. The molecule has 66 valence electrons. The van der Waals surface area contributed by atoms with E-state index in [-0.39, 0.29) is 6.10 Å². The minimum atomic E-state index is 0.0799. The van der Waals surface area contributed by atoms with E-state index in [0.717, 1.165) is 0 Å². The van der Waals surface area contributed by atoms with Gasteiger partial charge in [0, 0.05) is 6.20 Å². The third-order valence-electron chi connectivity index (χ3n) is 1.78. The molecule has 0 N–H and O–H groups in total. The van der Waals surface area contributed by atoms with Gasteiger partial charge >= 0.3 is 0 Å². The Balaban J connectivity index is 2.14. The van der Waals surface area contributed by atoms with Crippen molar-refractivity contribution in [1.82, 2.24) is 4.98 Å². The van der Waals surface area contributed by atoms with Gasteiger partial charge in [0.05, 0.1) is 13.2 Å². The zero-order chi connectivity index (χ0) is 9.10. The molecule has 1 aromatic heterocycles. The molecule has 1 saturated heterocycles. The van der Waals surface area contributed by atoms with E-state index in [4.69, 9.17) is 14.7 Å². The van der Waals surface area contributed by atoms with Crippen LogP contribution in [0, 0.1) is 11.3 Å². The van der Waals surface area contributed by atoms with E-state index >= 15 is 0 Å². The molecule has 1 aromatic rings. The van der Waals surface area contributed by atoms with E-state index in [0.29, 0.717) is 24.7 Å². The zero-order valence-corrected chi connectivity index (χ0v) is 6.93. The fraction of sp³-hybridized carbons (Fsp3) is 0.333. The minimum absolute atomic E-state index is 0.0799. The number of hydrogen-bond acceptors (Lipinski definition) is 4. The molecule has 13 heavy (non-hydrogen) atoms. The van der Waals surface area contributed by atoms with Gasteiger partial charge in [0.25, 0.3) is 0 Å². The second-order valence-electron chi connectivity index (χ2n) is 2.74. The largest absolute Gasteiger partial charge is 0.483 e. The van der Waals surface area contributed by atoms with E-state index in [1.54, 1.807) is 18.3 Å². The number of hydrogen-bond donors (Lipinski definition) is 0. The molecule has 2 heterocycles. The molecule has 0 spiro atoms. The summed E-state index contributed by atoms with van der Waals surface area (Å²) in [7, 11) is 0. The molecule has 0 radical (unpaired) electrons. The van der Waals surface area contributed by atoms with Gasteiger partial charge in [-0.1, -0.05) is 0 Å². The number of ether oxygens (including phenoxy) is 2. The summed E-state index contributed by atoms with van der Waals surface area (Å²) >= 11 is 0. The standard InChI is InChI=1S/C9H8N2O2/c10-4-8-9(2-1-3-11-8)13-7-5-12-6-7/h1-3,7H,5-6H2. The van der Waals surface area contributed by atoms with Crippen molar-refractivity contribution in [3.8, 4) is 11.8 Å². The predicted octanol–water partition coefficient (Wildman–Crippen LogP) is 0.731. The molecule has 4 heteroatoms. The Morgan fingerprint density at radius 2 is 2.46 bits per heavy atom. The highest BCUT2D eigenvalue weighted by atomic mass is 16.6. The van der Waals surface area contributed by atoms with Gasteiger partial charge in [-0.05, 0) is 12.1 Å². The lowest BCUT2D eigenvalue weighted by molar-refractivity contribution is -0.0799. The molecular formula is C9H8N2O2. The van der Waals surface area contributed by atoms with E-state index in [1.807, 2.05) is 6.07 Å². The second kappa shape index (κ2) is 3.42. The van der Waals surface area contributed by atoms with Gasteiger partial charge < -0.3 is 9.47 Å². The van der Waals surface area contributed by atoms with Gasteiger partial charge in [-0.2, -0.15) is 5.26 Å². The fourth-order valence-electron chi connectivity index (χ4n) is 1.03. The molecule has 1 aliphatic heterocycles. The summed E-state index contributed by atoms with van der Waals surface area (Å²) < 4.78 is 10.4. The van der Waals surface area contributed by atoms with Crippen molar-refractivity contribution in [2.45, 2.75) is 6.10 Å². The third-order valence-corrected chi connectivity index (χ3v) is 1.78. The first-order valence-electron chi connectivity index (χ1n) is 3.99. The summed E-state index contributed by atoms with van der Waals surface area (Å²) in [6.07, 6.45) is 1.65. The molecule has 1 aliphatic rings. The van der Waals surface area contributed by atoms with Crippen molar-refractivity contribution in [3.63, 3.8) is 0 Å². The van der Waals surface area contributed by atoms with E-state index in [9.17, 15) is 0 Å². The Hall–Kier alpha value is -1.60. The molecule has 1 fully saturated rings. The SMILES string of the molecule is N#Cc1ncccc1OC1COC1. The van der Waals surface area contributed by atoms with Crippen LogP contribution in [-0.2, 0) is 4.74 Å². The first-order chi connectivity index (χ1) is 6.40. The van der Waals surface area contributed by atoms with Gasteiger partial charge in [-0.3, -0.25) is 0 Å². The summed E-state index contributed by atoms with van der Waals surface area (Å²) in [5, 5.41) is 8.70. The van der Waals surface area contributed by atoms with Gasteiger partial charge in [0.1, 0.15) is 12.2 Å². The lowest BCUT2D eigenvalue weighted by Gasteiger charge is -2.26. The third kappa shape index (κ3) is 1.60. The molecule has 0 bridgehead atoms. The molecule has 0 aromatic carbocycles. The molecule has 0 saturated carbocycles. The van der Waals surface area contributed by atoms with Crippen molar-refractivity contribution in [2.24, 2.45) is 0 Å². The smallest absolute Gasteiger partial charge is 0.182 e. The normalized spacial score (nSPS) is 15.9. The second-order valence-corrected chi connectivity index (χ2v) is 2.74. The van der Waals surface area contributed by atoms with Crippen LogP contribution in [0.5, 0.6) is 5.75 Å². The Kier molecular flexibility index (Phi) is 2.11. The predicted molar refractivity (Wildman–Crippen MR) is 44.2 cm³/mol. The van der Waals surface area contributed by atoms with Gasteiger partial charge in [0.2, 0.25) is 0 Å². The molecular weight excluding hydrogens is 168 g/mol. The van der Waals surface area contributed by atoms with Crippen molar-refractivity contribution in [1.29, 1.82) is 5.26 Å². The number of pyridine rings is 1. The lowest BCUT2D eigenvalue weighted by Crippen LogP contribution is -2.38. The van der Waals surface area contributed by atoms with Crippen LogP contribution in [0.3, 0.4) is 0 Å². The van der Waals surface area contributed by atoms with Crippen molar-refractivity contribution in [3.05, 3.63) is 24.0 Å². The Bertz CT molecular complexity index is 342. The van der Waals surface area contributed by atoms with Gasteiger partial charge in [-0.25, -0.2) is 4.98 Å². The van der Waals surface area contributed by atoms with E-state index in [1.165, 1.54) is 0 Å². The average molecular weight is 176 g/mol. The number of nitrogens with zero attached hydrogens (tertiary/aromatic N) is 2. The molecule has 0 atom stereocenters. The Labute approximate surface area is 75.7 Å². The minimum Gasteiger partial charge on any atom is -0.483 e. The maximum atomic E-state index is 8.70. The Morgan fingerprint density at radius 1 is 1.62 bits per heavy atom. The number of rotatable bonds is 2. The number of aromatic nitrogens is 1. The molecule has 0 unspecified atom stereocenters. The molecule has 2 rings (SSSR count). The maximum Gasteiger partial charge on any atom is 0.182 e. The van der Waals surface area contributed by atoms with Gasteiger partial charge in [0.15, 0.2) is 11.4 Å². The van der Waals surface area contributed by atoms with Crippen LogP contribution in [0.2, 0.25) is 0 Å². The van der Waals surface area contributed by atoms with E-state index < -0.39 is 0 Å². The van der Waals surface area contributed by atoms with Crippen LogP contribution in [-0.4, -0.2) is 24.3 Å². The first-order valence-corrected chi connectivity index (χ1v) is 3.99. The summed E-state index contributed by atoms with van der Waals surface area (Å²) in [6, 6.07) is 5.46. The van der Waals surface area contributed by atoms with E-state index in [2.05, 4.69) is 4.98 Å². The van der Waals surface area contributed by atoms with Crippen molar-refractivity contribution < 1.29 is 9.47 Å². The van der Waals surface area contributed by atoms with Crippen LogP contribution in [0.4, 0.5) is 0 Å². The maximum absolute atomic E-state index is 8.70. The summed E-state index contributed by atoms with van der Waals surface area (Å²) in [5.41, 5.74) is 0.328. The van der Waals surface area contributed by atoms with Crippen LogP contribution in [0.15, 0.2) is 18.3 Å². The van der Waals surface area contributed by atoms with Gasteiger partial charge in [-0.15, -0.1) is 0 Å². The highest BCUT2D eigenvalue weighted by Gasteiger charge is 2.21. The zero-order valence-electron chi connectivity index (χ0n) is 6.93. The van der Waals surface area contributed by atoms with Crippen LogP contribution >= 0.6 is 0 Å². The highest BCUT2D eigenvalue weighted by Crippen LogP contribution is 2.18. The lowest BCUT2D eigenvalue weighted by atomic mass is 10.3. The van der Waals surface area contributed by atoms with Crippen LogP contribution in [0.25, 0.3) is 0 Å². The molecule has 0 aliphatic carbocycles. The summed E-state index contributed by atoms with van der Waals surface area (Å²) in [6.45, 7) is 1.19. The van der Waals surface area contributed by atoms with Crippen LogP contribution in [0.1, 0.15) is 5.69 Å². The topological polar surface area (TPSA) is 55.1 Å². The number of nitriles is 1. The summed E-state index contributed by atoms with van der Waals surface area (Å²) in [5.74, 6) is 0.540. The van der Waals surface area contributed by atoms with Crippen molar-refractivity contribution in [2.75, 3.05) is 13.2 Å². The van der Waals surface area contributed by atoms with Crippen molar-refractivity contribution >= 4 is 0 Å². The Morgan fingerprint density at radius 3 is 3.08 bits per heavy atom. The monoisotopic (exact) mass is 176 g/mol. The molecule has 4 nitrogen and oxygen atoms in total. The average Bonchev–Trinajstić information content (AvgIpc) is 2.12. The first kappa shape index (κ1) is 8.02. The highest BCUT2D eigenvalue weighted by molar-refractivity contribution is 5.36. The van der Waals surface area contributed by atoms with Crippen LogP contribution < -0.4 is 4.74 Å². The fourth-order valence-corrected chi connectivity index (χ4v) is 1.03.